The molecule has 22 heavy (non-hydrogen) atoms. The number of pyridine rings is 1. The van der Waals surface area contributed by atoms with Crippen molar-refractivity contribution in [2.45, 2.75) is 13.0 Å². The molecular formula is C19H16N2O. The van der Waals surface area contributed by atoms with Crippen LogP contribution in [0.2, 0.25) is 0 Å². The number of rotatable bonds is 2. The molecule has 0 saturated carbocycles. The van der Waals surface area contributed by atoms with Gasteiger partial charge in [-0.3, -0.25) is 9.69 Å². The highest BCUT2D eigenvalue weighted by Gasteiger charge is 2.26. The van der Waals surface area contributed by atoms with Gasteiger partial charge in [-0.2, -0.15) is 0 Å². The van der Waals surface area contributed by atoms with E-state index in [1.807, 2.05) is 18.2 Å². The Bertz CT molecular complexity index is 967. The maximum atomic E-state index is 12.4. The van der Waals surface area contributed by atoms with Crippen molar-refractivity contribution in [3.63, 3.8) is 0 Å². The summed E-state index contributed by atoms with van der Waals surface area (Å²) >= 11 is 0. The summed E-state index contributed by atoms with van der Waals surface area (Å²) in [6, 6.07) is 14.4. The Labute approximate surface area is 128 Å². The summed E-state index contributed by atoms with van der Waals surface area (Å²) in [4.78, 5) is 17.9. The van der Waals surface area contributed by atoms with Gasteiger partial charge in [-0.05, 0) is 28.1 Å². The van der Waals surface area contributed by atoms with Gasteiger partial charge < -0.3 is 4.98 Å². The lowest BCUT2D eigenvalue weighted by Gasteiger charge is -2.08. The molecule has 108 valence electrons. The van der Waals surface area contributed by atoms with Gasteiger partial charge in [0.1, 0.15) is 0 Å². The summed E-state index contributed by atoms with van der Waals surface area (Å²) in [7, 11) is 0. The fourth-order valence-corrected chi connectivity index (χ4v) is 3.62. The fraction of sp³-hybridized carbons (Fsp3) is 0.211. The number of aromatic nitrogens is 1. The maximum Gasteiger partial charge on any atom is 0.256 e. The second kappa shape index (κ2) is 4.31. The molecule has 2 aliphatic rings. The lowest BCUT2D eigenvalue weighted by molar-refractivity contribution is 0.554. The molecular weight excluding hydrogens is 272 g/mol. The third-order valence-corrected chi connectivity index (χ3v) is 4.87. The van der Waals surface area contributed by atoms with Crippen LogP contribution in [0.1, 0.15) is 16.7 Å². The van der Waals surface area contributed by atoms with E-state index in [9.17, 15) is 4.79 Å². The molecule has 2 aromatic carbocycles. The van der Waals surface area contributed by atoms with E-state index in [1.54, 1.807) is 0 Å². The van der Waals surface area contributed by atoms with E-state index in [4.69, 9.17) is 0 Å². The Hall–Kier alpha value is -2.39. The van der Waals surface area contributed by atoms with E-state index in [2.05, 4.69) is 34.1 Å². The predicted molar refractivity (Wildman–Crippen MR) is 88.1 cm³/mol. The zero-order valence-corrected chi connectivity index (χ0v) is 12.2. The van der Waals surface area contributed by atoms with E-state index >= 15 is 0 Å². The van der Waals surface area contributed by atoms with Crippen LogP contribution in [0.5, 0.6) is 0 Å². The highest BCUT2D eigenvalue weighted by atomic mass is 16.1. The quantitative estimate of drug-likeness (QED) is 0.576. The van der Waals surface area contributed by atoms with Crippen molar-refractivity contribution >= 4 is 10.8 Å². The molecule has 0 spiro atoms. The molecule has 1 aliphatic carbocycles. The van der Waals surface area contributed by atoms with Crippen LogP contribution in [-0.4, -0.2) is 23.0 Å². The normalized spacial score (nSPS) is 15.8. The highest BCUT2D eigenvalue weighted by molar-refractivity contribution is 5.93. The topological polar surface area (TPSA) is 35.9 Å². The summed E-state index contributed by atoms with van der Waals surface area (Å²) in [5.41, 5.74) is 6.29. The zero-order chi connectivity index (χ0) is 14.7. The number of benzene rings is 2. The molecule has 0 atom stereocenters. The molecule has 2 heterocycles. The first-order chi connectivity index (χ1) is 10.8. The standard InChI is InChI=1S/C19H16N2O/c22-19-15-6-2-1-5-13(15)17-10-16-12(11-21-8-9-21)4-3-7-14(16)18(17)20-19/h1-7H,8-11H2,(H,20,22). The van der Waals surface area contributed by atoms with E-state index < -0.39 is 0 Å². The van der Waals surface area contributed by atoms with Gasteiger partial charge in [-0.25, -0.2) is 0 Å². The van der Waals surface area contributed by atoms with Crippen LogP contribution in [0, 0.1) is 0 Å². The lowest BCUT2D eigenvalue weighted by atomic mass is 10.0. The van der Waals surface area contributed by atoms with Crippen LogP contribution >= 0.6 is 0 Å². The second-order valence-corrected chi connectivity index (χ2v) is 6.25. The van der Waals surface area contributed by atoms with Crippen molar-refractivity contribution in [3.8, 4) is 11.3 Å². The van der Waals surface area contributed by atoms with Crippen molar-refractivity contribution in [2.24, 2.45) is 0 Å². The SMILES string of the molecule is O=c1[nH]c2c(c3ccccc13)Cc1c(CN3CC3)cccc1-2. The van der Waals surface area contributed by atoms with Gasteiger partial charge in [0.15, 0.2) is 0 Å². The number of hydrogen-bond donors (Lipinski definition) is 1. The summed E-state index contributed by atoms with van der Waals surface area (Å²) in [5, 5.41) is 1.89. The minimum atomic E-state index is 0.0125. The number of H-pyrrole nitrogens is 1. The van der Waals surface area contributed by atoms with Crippen molar-refractivity contribution in [1.82, 2.24) is 9.88 Å². The van der Waals surface area contributed by atoms with Crippen molar-refractivity contribution in [3.05, 3.63) is 69.5 Å². The van der Waals surface area contributed by atoms with Gasteiger partial charge in [0.2, 0.25) is 0 Å². The molecule has 1 aromatic heterocycles. The van der Waals surface area contributed by atoms with Gasteiger partial charge in [-0.1, -0.05) is 36.4 Å². The van der Waals surface area contributed by atoms with Gasteiger partial charge in [0, 0.05) is 37.0 Å². The lowest BCUT2D eigenvalue weighted by Crippen LogP contribution is -2.08. The molecule has 0 amide bonds. The Balaban J connectivity index is 1.76. The molecule has 1 saturated heterocycles. The first kappa shape index (κ1) is 12.2. The molecule has 3 heteroatoms. The van der Waals surface area contributed by atoms with E-state index in [-0.39, 0.29) is 5.56 Å². The van der Waals surface area contributed by atoms with Crippen molar-refractivity contribution < 1.29 is 0 Å². The number of aromatic amines is 1. The second-order valence-electron chi connectivity index (χ2n) is 6.25. The molecule has 1 aliphatic heterocycles. The molecule has 1 fully saturated rings. The van der Waals surface area contributed by atoms with Gasteiger partial charge in [0.25, 0.3) is 5.56 Å². The fourth-order valence-electron chi connectivity index (χ4n) is 3.62. The molecule has 0 radical (unpaired) electrons. The number of hydrogen-bond acceptors (Lipinski definition) is 2. The van der Waals surface area contributed by atoms with Gasteiger partial charge in [-0.15, -0.1) is 0 Å². The number of fused-ring (bicyclic) bond motifs is 5. The van der Waals surface area contributed by atoms with Gasteiger partial charge >= 0.3 is 0 Å². The molecule has 1 N–H and O–H groups in total. The zero-order valence-electron chi connectivity index (χ0n) is 12.2. The van der Waals surface area contributed by atoms with Crippen LogP contribution in [0.25, 0.3) is 22.0 Å². The molecule has 3 nitrogen and oxygen atoms in total. The smallest absolute Gasteiger partial charge is 0.256 e. The largest absolute Gasteiger partial charge is 0.321 e. The minimum absolute atomic E-state index is 0.0125. The Morgan fingerprint density at radius 1 is 0.955 bits per heavy atom. The van der Waals surface area contributed by atoms with Crippen LogP contribution in [0.4, 0.5) is 0 Å². The van der Waals surface area contributed by atoms with Gasteiger partial charge in [0.05, 0.1) is 5.69 Å². The third-order valence-electron chi connectivity index (χ3n) is 4.87. The first-order valence-corrected chi connectivity index (χ1v) is 7.78. The van der Waals surface area contributed by atoms with Crippen molar-refractivity contribution in [1.29, 1.82) is 0 Å². The van der Waals surface area contributed by atoms with Crippen LogP contribution in [0.15, 0.2) is 47.3 Å². The van der Waals surface area contributed by atoms with Crippen LogP contribution in [-0.2, 0) is 13.0 Å². The van der Waals surface area contributed by atoms with E-state index in [0.717, 1.165) is 29.4 Å². The van der Waals surface area contributed by atoms with E-state index in [0.29, 0.717) is 0 Å². The Kier molecular flexibility index (Phi) is 2.38. The molecule has 3 aromatic rings. The maximum absolute atomic E-state index is 12.4. The summed E-state index contributed by atoms with van der Waals surface area (Å²) in [5.74, 6) is 0. The highest BCUT2D eigenvalue weighted by Crippen LogP contribution is 2.39. The summed E-state index contributed by atoms with van der Waals surface area (Å²) in [6.45, 7) is 3.44. The van der Waals surface area contributed by atoms with Crippen LogP contribution in [0.3, 0.4) is 0 Å². The molecule has 0 bridgehead atoms. The number of nitrogens with zero attached hydrogens (tertiary/aromatic N) is 1. The molecule has 0 unspecified atom stereocenters. The van der Waals surface area contributed by atoms with E-state index in [1.165, 1.54) is 35.3 Å². The Morgan fingerprint density at radius 2 is 1.77 bits per heavy atom. The van der Waals surface area contributed by atoms with Crippen molar-refractivity contribution in [2.75, 3.05) is 13.1 Å². The molecule has 5 rings (SSSR count). The monoisotopic (exact) mass is 288 g/mol. The predicted octanol–water partition coefficient (Wildman–Crippen LogP) is 2.91. The van der Waals surface area contributed by atoms with Crippen LogP contribution < -0.4 is 5.56 Å². The summed E-state index contributed by atoms with van der Waals surface area (Å²) < 4.78 is 0. The third kappa shape index (κ3) is 1.69. The minimum Gasteiger partial charge on any atom is -0.321 e. The Morgan fingerprint density at radius 3 is 2.59 bits per heavy atom. The number of nitrogens with one attached hydrogen (secondary N) is 1. The summed E-state index contributed by atoms with van der Waals surface area (Å²) in [6.07, 6.45) is 0.923. The average molecular weight is 288 g/mol. The average Bonchev–Trinajstić information content (AvgIpc) is 3.28. The first-order valence-electron chi connectivity index (χ1n) is 7.78.